The summed E-state index contributed by atoms with van der Waals surface area (Å²) in [7, 11) is 0. The molecule has 32 heavy (non-hydrogen) atoms. The Morgan fingerprint density at radius 3 is 2.28 bits per heavy atom. The first-order valence-corrected chi connectivity index (χ1v) is 10.3. The Morgan fingerprint density at radius 1 is 0.969 bits per heavy atom. The Kier molecular flexibility index (Phi) is 7.56. The van der Waals surface area contributed by atoms with Crippen LogP contribution in [0.1, 0.15) is 17.0 Å². The second kappa shape index (κ2) is 10.5. The topological polar surface area (TPSA) is 127 Å². The molecule has 1 saturated heterocycles. The Balaban J connectivity index is 0.000000427. The van der Waals surface area contributed by atoms with Crippen LogP contribution in [0.2, 0.25) is 0 Å². The number of nitrogens with zero attached hydrogens (tertiary/aromatic N) is 3. The van der Waals surface area contributed by atoms with Gasteiger partial charge < -0.3 is 20.1 Å². The van der Waals surface area contributed by atoms with E-state index in [9.17, 15) is 4.79 Å². The van der Waals surface area contributed by atoms with E-state index in [4.69, 9.17) is 19.8 Å². The van der Waals surface area contributed by atoms with Gasteiger partial charge >= 0.3 is 11.9 Å². The molecule has 4 rings (SSSR count). The number of aryl methyl sites for hydroxylation is 1. The quantitative estimate of drug-likeness (QED) is 0.531. The number of carbonyl (C=O) groups is 3. The Labute approximate surface area is 185 Å². The van der Waals surface area contributed by atoms with E-state index in [0.717, 1.165) is 55.1 Å². The first-order chi connectivity index (χ1) is 15.3. The van der Waals surface area contributed by atoms with Gasteiger partial charge in [0, 0.05) is 26.2 Å². The van der Waals surface area contributed by atoms with Crippen molar-refractivity contribution in [3.63, 3.8) is 0 Å². The molecule has 0 unspecified atom stereocenters. The lowest BCUT2D eigenvalue weighted by Gasteiger charge is -2.34. The van der Waals surface area contributed by atoms with Gasteiger partial charge in [-0.2, -0.15) is 0 Å². The van der Waals surface area contributed by atoms with Crippen LogP contribution >= 0.6 is 0 Å². The van der Waals surface area contributed by atoms with Crippen LogP contribution in [0.15, 0.2) is 48.5 Å². The first-order valence-electron chi connectivity index (χ1n) is 10.3. The zero-order valence-corrected chi connectivity index (χ0v) is 17.8. The number of H-pyrrole nitrogens is 1. The Hall–Kier alpha value is -3.72. The number of carbonyl (C=O) groups excluding carboxylic acids is 1. The van der Waals surface area contributed by atoms with Crippen LogP contribution in [0.5, 0.6) is 0 Å². The van der Waals surface area contributed by atoms with Gasteiger partial charge in [-0.3, -0.25) is 9.69 Å². The fraction of sp³-hybridized carbons (Fsp3) is 0.304. The molecule has 2 aromatic carbocycles. The lowest BCUT2D eigenvalue weighted by atomic mass is 10.1. The number of rotatable bonds is 4. The van der Waals surface area contributed by atoms with Crippen molar-refractivity contribution in [2.75, 3.05) is 26.2 Å². The van der Waals surface area contributed by atoms with E-state index < -0.39 is 11.9 Å². The average Bonchev–Trinajstić information content (AvgIpc) is 3.17. The number of para-hydroxylation sites is 2. The molecule has 3 aromatic rings. The molecule has 3 N–H and O–H groups in total. The highest BCUT2D eigenvalue weighted by Crippen LogP contribution is 2.14. The van der Waals surface area contributed by atoms with E-state index >= 15 is 0 Å². The molecule has 1 aliphatic heterocycles. The van der Waals surface area contributed by atoms with Crippen molar-refractivity contribution in [1.82, 2.24) is 19.8 Å². The molecule has 0 spiro atoms. The number of imidazole rings is 1. The number of aromatic nitrogens is 2. The molecule has 0 saturated carbocycles. The van der Waals surface area contributed by atoms with E-state index in [0.29, 0.717) is 6.42 Å². The number of amides is 1. The van der Waals surface area contributed by atoms with E-state index in [1.54, 1.807) is 0 Å². The van der Waals surface area contributed by atoms with Gasteiger partial charge in [0.15, 0.2) is 0 Å². The summed E-state index contributed by atoms with van der Waals surface area (Å²) in [5.41, 5.74) is 4.38. The maximum atomic E-state index is 12.6. The maximum Gasteiger partial charge on any atom is 0.414 e. The molecular weight excluding hydrogens is 412 g/mol. The van der Waals surface area contributed by atoms with Crippen LogP contribution in [-0.4, -0.2) is 74.0 Å². The van der Waals surface area contributed by atoms with Crippen molar-refractivity contribution >= 4 is 28.9 Å². The molecule has 0 aliphatic carbocycles. The third-order valence-corrected chi connectivity index (χ3v) is 5.16. The number of hydrogen-bond donors (Lipinski definition) is 3. The van der Waals surface area contributed by atoms with Crippen molar-refractivity contribution in [2.24, 2.45) is 0 Å². The normalized spacial score (nSPS) is 14.0. The van der Waals surface area contributed by atoms with Gasteiger partial charge in [-0.1, -0.05) is 42.0 Å². The third-order valence-electron chi connectivity index (χ3n) is 5.16. The monoisotopic (exact) mass is 438 g/mol. The molecule has 9 heteroatoms. The Bertz CT molecular complexity index is 1060. The van der Waals surface area contributed by atoms with Gasteiger partial charge in [0.25, 0.3) is 0 Å². The molecule has 2 heterocycles. The first kappa shape index (κ1) is 23.0. The number of aliphatic carboxylic acids is 2. The summed E-state index contributed by atoms with van der Waals surface area (Å²) < 4.78 is 0. The average molecular weight is 438 g/mol. The molecule has 1 fully saturated rings. The fourth-order valence-corrected chi connectivity index (χ4v) is 3.56. The number of aromatic amines is 1. The van der Waals surface area contributed by atoms with Crippen molar-refractivity contribution in [2.45, 2.75) is 19.9 Å². The molecule has 1 amide bonds. The van der Waals surface area contributed by atoms with E-state index in [1.165, 1.54) is 5.56 Å². The second-order valence-electron chi connectivity index (χ2n) is 7.63. The standard InChI is InChI=1S/C21H24N4O.C2H2O4/c1-16-5-4-6-17(13-16)14-21(26)25-11-9-24(10-12-25)15-20-22-18-7-2-3-8-19(18)23-20;3-1(4)2(5)6/h2-8,13H,9-12,14-15H2,1H3,(H,22,23);(H,3,4)(H,5,6). The van der Waals surface area contributed by atoms with Crippen molar-refractivity contribution in [3.05, 3.63) is 65.5 Å². The minimum atomic E-state index is -1.82. The minimum Gasteiger partial charge on any atom is -0.473 e. The predicted octanol–water partition coefficient (Wildman–Crippen LogP) is 1.91. The number of hydrogen-bond acceptors (Lipinski definition) is 5. The number of nitrogens with one attached hydrogen (secondary N) is 1. The maximum absolute atomic E-state index is 12.6. The molecule has 168 valence electrons. The highest BCUT2D eigenvalue weighted by molar-refractivity contribution is 6.27. The van der Waals surface area contributed by atoms with Crippen LogP contribution < -0.4 is 0 Å². The molecular formula is C23H26N4O5. The van der Waals surface area contributed by atoms with E-state index in [2.05, 4.69) is 33.9 Å². The predicted molar refractivity (Wildman–Crippen MR) is 118 cm³/mol. The highest BCUT2D eigenvalue weighted by Gasteiger charge is 2.22. The number of carboxylic acid groups (broad SMARTS) is 2. The fourth-order valence-electron chi connectivity index (χ4n) is 3.56. The van der Waals surface area contributed by atoms with Crippen LogP contribution in [0, 0.1) is 6.92 Å². The summed E-state index contributed by atoms with van der Waals surface area (Å²) in [6.07, 6.45) is 0.491. The van der Waals surface area contributed by atoms with Crippen molar-refractivity contribution in [3.8, 4) is 0 Å². The van der Waals surface area contributed by atoms with Gasteiger partial charge in [-0.15, -0.1) is 0 Å². The minimum absolute atomic E-state index is 0.221. The van der Waals surface area contributed by atoms with Gasteiger partial charge in [-0.05, 0) is 24.6 Å². The number of carboxylic acids is 2. The van der Waals surface area contributed by atoms with Crippen molar-refractivity contribution in [1.29, 1.82) is 0 Å². The lowest BCUT2D eigenvalue weighted by Crippen LogP contribution is -2.48. The summed E-state index contributed by atoms with van der Waals surface area (Å²) in [5, 5.41) is 14.8. The smallest absolute Gasteiger partial charge is 0.414 e. The molecule has 0 atom stereocenters. The van der Waals surface area contributed by atoms with Crippen LogP contribution in [0.3, 0.4) is 0 Å². The summed E-state index contributed by atoms with van der Waals surface area (Å²) in [4.78, 5) is 43.1. The van der Waals surface area contributed by atoms with E-state index in [-0.39, 0.29) is 5.91 Å². The number of piperazine rings is 1. The highest BCUT2D eigenvalue weighted by atomic mass is 16.4. The SMILES string of the molecule is Cc1cccc(CC(=O)N2CCN(Cc3nc4ccccc4[nH]3)CC2)c1.O=C(O)C(=O)O. The van der Waals surface area contributed by atoms with Gasteiger partial charge in [0.1, 0.15) is 5.82 Å². The van der Waals surface area contributed by atoms with Gasteiger partial charge in [-0.25, -0.2) is 14.6 Å². The lowest BCUT2D eigenvalue weighted by molar-refractivity contribution is -0.159. The summed E-state index contributed by atoms with van der Waals surface area (Å²) in [6.45, 7) is 6.20. The van der Waals surface area contributed by atoms with E-state index in [1.807, 2.05) is 41.3 Å². The molecule has 1 aromatic heterocycles. The number of fused-ring (bicyclic) bond motifs is 1. The largest absolute Gasteiger partial charge is 0.473 e. The molecule has 0 bridgehead atoms. The molecule has 9 nitrogen and oxygen atoms in total. The Morgan fingerprint density at radius 2 is 1.66 bits per heavy atom. The zero-order chi connectivity index (χ0) is 23.1. The summed E-state index contributed by atoms with van der Waals surface area (Å²) >= 11 is 0. The van der Waals surface area contributed by atoms with Gasteiger partial charge in [0.05, 0.1) is 24.0 Å². The van der Waals surface area contributed by atoms with Crippen LogP contribution in [-0.2, 0) is 27.3 Å². The number of benzene rings is 2. The zero-order valence-electron chi connectivity index (χ0n) is 17.8. The second-order valence-corrected chi connectivity index (χ2v) is 7.63. The third kappa shape index (κ3) is 6.39. The summed E-state index contributed by atoms with van der Waals surface area (Å²) in [5.74, 6) is -2.44. The summed E-state index contributed by atoms with van der Waals surface area (Å²) in [6, 6.07) is 16.3. The van der Waals surface area contributed by atoms with Gasteiger partial charge in [0.2, 0.25) is 5.91 Å². The molecule has 1 aliphatic rings. The van der Waals surface area contributed by atoms with Crippen molar-refractivity contribution < 1.29 is 24.6 Å². The van der Waals surface area contributed by atoms with Crippen LogP contribution in [0.25, 0.3) is 11.0 Å². The molecule has 0 radical (unpaired) electrons. The van der Waals surface area contributed by atoms with Crippen LogP contribution in [0.4, 0.5) is 0 Å².